The van der Waals surface area contributed by atoms with Crippen LogP contribution in [0.4, 0.5) is 0 Å². The SMILES string of the molecule is CCC1SCCSC1C(N)CC1CCOCC1. The van der Waals surface area contributed by atoms with Gasteiger partial charge in [-0.1, -0.05) is 6.92 Å². The smallest absolute Gasteiger partial charge is 0.0468 e. The first-order valence-electron chi connectivity index (χ1n) is 6.87. The first-order valence-corrected chi connectivity index (χ1v) is 8.97. The fourth-order valence-electron chi connectivity index (χ4n) is 2.84. The molecule has 2 fully saturated rings. The van der Waals surface area contributed by atoms with E-state index in [1.54, 1.807) is 0 Å². The molecule has 2 rings (SSSR count). The monoisotopic (exact) mass is 275 g/mol. The van der Waals surface area contributed by atoms with Gasteiger partial charge in [0.05, 0.1) is 0 Å². The predicted octanol–water partition coefficient (Wildman–Crippen LogP) is 2.76. The van der Waals surface area contributed by atoms with E-state index >= 15 is 0 Å². The van der Waals surface area contributed by atoms with Crippen molar-refractivity contribution in [3.8, 4) is 0 Å². The van der Waals surface area contributed by atoms with Gasteiger partial charge in [-0.15, -0.1) is 0 Å². The second kappa shape index (κ2) is 7.27. The van der Waals surface area contributed by atoms with Crippen LogP contribution in [-0.2, 0) is 4.74 Å². The van der Waals surface area contributed by atoms with Crippen molar-refractivity contribution in [1.82, 2.24) is 0 Å². The van der Waals surface area contributed by atoms with E-state index in [0.29, 0.717) is 11.3 Å². The Hall–Kier alpha value is 0.620. The molecule has 2 heterocycles. The molecule has 100 valence electrons. The topological polar surface area (TPSA) is 35.2 Å². The highest BCUT2D eigenvalue weighted by Crippen LogP contribution is 2.36. The molecule has 17 heavy (non-hydrogen) atoms. The number of ether oxygens (including phenoxy) is 1. The zero-order valence-corrected chi connectivity index (χ0v) is 12.4. The zero-order chi connectivity index (χ0) is 12.1. The van der Waals surface area contributed by atoms with E-state index in [0.717, 1.165) is 24.4 Å². The summed E-state index contributed by atoms with van der Waals surface area (Å²) in [6.07, 6.45) is 4.91. The molecule has 0 bridgehead atoms. The van der Waals surface area contributed by atoms with Crippen LogP contribution in [0.1, 0.15) is 32.6 Å². The van der Waals surface area contributed by atoms with Crippen molar-refractivity contribution < 1.29 is 4.74 Å². The first-order chi connectivity index (χ1) is 8.31. The molecule has 2 nitrogen and oxygen atoms in total. The Bertz CT molecular complexity index is 221. The minimum atomic E-state index is 0.390. The summed E-state index contributed by atoms with van der Waals surface area (Å²) in [5.41, 5.74) is 6.47. The van der Waals surface area contributed by atoms with Gasteiger partial charge in [-0.2, -0.15) is 23.5 Å². The van der Waals surface area contributed by atoms with E-state index < -0.39 is 0 Å². The van der Waals surface area contributed by atoms with Crippen molar-refractivity contribution in [2.24, 2.45) is 11.7 Å². The van der Waals surface area contributed by atoms with Crippen LogP contribution < -0.4 is 5.73 Å². The maximum absolute atomic E-state index is 6.47. The second-order valence-electron chi connectivity index (χ2n) is 5.11. The van der Waals surface area contributed by atoms with Crippen LogP contribution in [0.2, 0.25) is 0 Å². The molecule has 2 aliphatic heterocycles. The van der Waals surface area contributed by atoms with Crippen molar-refractivity contribution in [2.45, 2.75) is 49.1 Å². The average molecular weight is 275 g/mol. The summed E-state index contributed by atoms with van der Waals surface area (Å²) in [5, 5.41) is 1.46. The fraction of sp³-hybridized carbons (Fsp3) is 1.00. The molecule has 0 aromatic heterocycles. The van der Waals surface area contributed by atoms with Crippen molar-refractivity contribution >= 4 is 23.5 Å². The second-order valence-corrected chi connectivity index (χ2v) is 7.74. The third kappa shape index (κ3) is 4.05. The predicted molar refractivity (Wildman–Crippen MR) is 78.9 cm³/mol. The lowest BCUT2D eigenvalue weighted by Gasteiger charge is -2.36. The van der Waals surface area contributed by atoms with Crippen LogP contribution in [-0.4, -0.2) is 41.3 Å². The van der Waals surface area contributed by atoms with E-state index in [2.05, 4.69) is 30.4 Å². The van der Waals surface area contributed by atoms with Crippen molar-refractivity contribution in [3.63, 3.8) is 0 Å². The number of hydrogen-bond donors (Lipinski definition) is 1. The molecule has 3 atom stereocenters. The van der Waals surface area contributed by atoms with Gasteiger partial charge in [0, 0.05) is 41.3 Å². The third-order valence-corrected chi connectivity index (χ3v) is 7.29. The van der Waals surface area contributed by atoms with Crippen molar-refractivity contribution in [3.05, 3.63) is 0 Å². The fourth-order valence-corrected chi connectivity index (χ4v) is 6.05. The summed E-state index contributed by atoms with van der Waals surface area (Å²) >= 11 is 4.25. The summed E-state index contributed by atoms with van der Waals surface area (Å²) in [6.45, 7) is 4.19. The van der Waals surface area contributed by atoms with Gasteiger partial charge in [0.2, 0.25) is 0 Å². The van der Waals surface area contributed by atoms with E-state index in [9.17, 15) is 0 Å². The Balaban J connectivity index is 1.82. The van der Waals surface area contributed by atoms with Gasteiger partial charge < -0.3 is 10.5 Å². The van der Waals surface area contributed by atoms with Crippen LogP contribution in [0.3, 0.4) is 0 Å². The molecule has 2 N–H and O–H groups in total. The lowest BCUT2D eigenvalue weighted by atomic mass is 9.90. The molecular weight excluding hydrogens is 250 g/mol. The molecule has 2 saturated heterocycles. The zero-order valence-electron chi connectivity index (χ0n) is 10.8. The number of hydrogen-bond acceptors (Lipinski definition) is 4. The Morgan fingerprint density at radius 1 is 1.24 bits per heavy atom. The maximum atomic E-state index is 6.47. The number of nitrogens with two attached hydrogens (primary N) is 1. The number of rotatable bonds is 4. The minimum Gasteiger partial charge on any atom is -0.381 e. The van der Waals surface area contributed by atoms with E-state index in [4.69, 9.17) is 10.5 Å². The standard InChI is InChI=1S/C13H25NOS2/c1-2-12-13(17-8-7-16-12)11(14)9-10-3-5-15-6-4-10/h10-13H,2-9,14H2,1H3. The molecule has 0 aliphatic carbocycles. The maximum Gasteiger partial charge on any atom is 0.0468 e. The lowest BCUT2D eigenvalue weighted by molar-refractivity contribution is 0.0617. The van der Waals surface area contributed by atoms with Gasteiger partial charge in [0.1, 0.15) is 0 Å². The summed E-state index contributed by atoms with van der Waals surface area (Å²) in [5.74, 6) is 3.40. The molecule has 0 saturated carbocycles. The highest BCUT2D eigenvalue weighted by molar-refractivity contribution is 8.07. The lowest BCUT2D eigenvalue weighted by Crippen LogP contribution is -2.43. The normalized spacial score (nSPS) is 33.5. The van der Waals surface area contributed by atoms with Gasteiger partial charge in [0.15, 0.2) is 0 Å². The van der Waals surface area contributed by atoms with Crippen LogP contribution in [0, 0.1) is 5.92 Å². The molecule has 0 radical (unpaired) electrons. The average Bonchev–Trinajstić information content (AvgIpc) is 2.40. The van der Waals surface area contributed by atoms with E-state index in [-0.39, 0.29) is 0 Å². The summed E-state index contributed by atoms with van der Waals surface area (Å²) in [4.78, 5) is 0. The van der Waals surface area contributed by atoms with Crippen LogP contribution >= 0.6 is 23.5 Å². The van der Waals surface area contributed by atoms with Gasteiger partial charge in [0.25, 0.3) is 0 Å². The summed E-state index contributed by atoms with van der Waals surface area (Å²) < 4.78 is 5.42. The summed E-state index contributed by atoms with van der Waals surface area (Å²) in [6, 6.07) is 0.390. The molecular formula is C13H25NOS2. The molecule has 2 aliphatic rings. The molecule has 0 spiro atoms. The minimum absolute atomic E-state index is 0.390. The quantitative estimate of drug-likeness (QED) is 0.856. The molecule has 3 unspecified atom stereocenters. The molecule has 0 aromatic carbocycles. The van der Waals surface area contributed by atoms with Crippen LogP contribution in [0.25, 0.3) is 0 Å². The van der Waals surface area contributed by atoms with Gasteiger partial charge in [-0.3, -0.25) is 0 Å². The Morgan fingerprint density at radius 3 is 2.65 bits per heavy atom. The van der Waals surface area contributed by atoms with Crippen LogP contribution in [0.15, 0.2) is 0 Å². The molecule has 0 aromatic rings. The Labute approximate surface area is 114 Å². The highest BCUT2D eigenvalue weighted by atomic mass is 32.2. The summed E-state index contributed by atoms with van der Waals surface area (Å²) in [7, 11) is 0. The largest absolute Gasteiger partial charge is 0.381 e. The number of thioether (sulfide) groups is 2. The van der Waals surface area contributed by atoms with Crippen molar-refractivity contribution in [2.75, 3.05) is 24.7 Å². The Morgan fingerprint density at radius 2 is 1.94 bits per heavy atom. The van der Waals surface area contributed by atoms with Crippen LogP contribution in [0.5, 0.6) is 0 Å². The van der Waals surface area contributed by atoms with Gasteiger partial charge in [-0.05, 0) is 31.6 Å². The molecule has 0 amide bonds. The van der Waals surface area contributed by atoms with E-state index in [1.165, 1.54) is 37.2 Å². The first kappa shape index (κ1) is 14.0. The molecule has 4 heteroatoms. The van der Waals surface area contributed by atoms with Gasteiger partial charge in [-0.25, -0.2) is 0 Å². The third-order valence-electron chi connectivity index (χ3n) is 3.86. The van der Waals surface area contributed by atoms with Gasteiger partial charge >= 0.3 is 0 Å². The van der Waals surface area contributed by atoms with Crippen molar-refractivity contribution in [1.29, 1.82) is 0 Å². The van der Waals surface area contributed by atoms with E-state index in [1.807, 2.05) is 0 Å². The highest BCUT2D eigenvalue weighted by Gasteiger charge is 2.31. The Kier molecular flexibility index (Phi) is 6.00.